The second-order valence-corrected chi connectivity index (χ2v) is 5.40. The maximum absolute atomic E-state index is 11.9. The number of hydrogen-bond donors (Lipinski definition) is 4. The van der Waals surface area contributed by atoms with Gasteiger partial charge in [0, 0.05) is 11.4 Å². The number of nitrogens with one attached hydrogen (secondary N) is 2. The monoisotopic (exact) mass is 264 g/mol. The first kappa shape index (κ1) is 15.0. The van der Waals surface area contributed by atoms with E-state index in [9.17, 15) is 9.59 Å². The quantitative estimate of drug-likeness (QED) is 0.663. The molecule has 0 aliphatic rings. The standard InChI is InChI=1S/C13H20N4O2/c1-13(2,3)10(14)11(18)16-8-5-4-6-9(7-8)17-12(15)19/h4-7,10H,14H2,1-3H3,(H,16,18)(H3,15,17,19). The highest BCUT2D eigenvalue weighted by Gasteiger charge is 2.27. The molecule has 0 bridgehead atoms. The number of hydrogen-bond acceptors (Lipinski definition) is 3. The van der Waals surface area contributed by atoms with E-state index in [2.05, 4.69) is 10.6 Å². The molecule has 0 spiro atoms. The van der Waals surface area contributed by atoms with Gasteiger partial charge in [0.15, 0.2) is 0 Å². The molecule has 1 unspecified atom stereocenters. The van der Waals surface area contributed by atoms with Crippen molar-refractivity contribution in [2.45, 2.75) is 26.8 Å². The van der Waals surface area contributed by atoms with Crippen molar-refractivity contribution in [1.29, 1.82) is 0 Å². The van der Waals surface area contributed by atoms with Crippen LogP contribution in [-0.4, -0.2) is 18.0 Å². The zero-order valence-electron chi connectivity index (χ0n) is 11.4. The summed E-state index contributed by atoms with van der Waals surface area (Å²) < 4.78 is 0. The highest BCUT2D eigenvalue weighted by Crippen LogP contribution is 2.20. The Bertz CT molecular complexity index is 480. The van der Waals surface area contributed by atoms with Gasteiger partial charge in [-0.15, -0.1) is 0 Å². The largest absolute Gasteiger partial charge is 0.351 e. The molecule has 0 aliphatic heterocycles. The molecule has 1 atom stereocenters. The van der Waals surface area contributed by atoms with Crippen molar-refractivity contribution in [1.82, 2.24) is 0 Å². The van der Waals surface area contributed by atoms with Gasteiger partial charge >= 0.3 is 6.03 Å². The maximum Gasteiger partial charge on any atom is 0.316 e. The average Bonchev–Trinajstić information content (AvgIpc) is 2.26. The lowest BCUT2D eigenvalue weighted by Gasteiger charge is -2.25. The summed E-state index contributed by atoms with van der Waals surface area (Å²) >= 11 is 0. The van der Waals surface area contributed by atoms with Crippen LogP contribution >= 0.6 is 0 Å². The lowest BCUT2D eigenvalue weighted by molar-refractivity contribution is -0.119. The third-order valence-corrected chi connectivity index (χ3v) is 2.61. The fraction of sp³-hybridized carbons (Fsp3) is 0.385. The summed E-state index contributed by atoms with van der Waals surface area (Å²) in [6.07, 6.45) is 0. The molecule has 6 N–H and O–H groups in total. The van der Waals surface area contributed by atoms with E-state index in [1.54, 1.807) is 24.3 Å². The Morgan fingerprint density at radius 2 is 1.68 bits per heavy atom. The second-order valence-electron chi connectivity index (χ2n) is 5.40. The molecular formula is C13H20N4O2. The number of rotatable bonds is 3. The van der Waals surface area contributed by atoms with E-state index in [1.165, 1.54) is 0 Å². The van der Waals surface area contributed by atoms with E-state index in [4.69, 9.17) is 11.5 Å². The topological polar surface area (TPSA) is 110 Å². The molecule has 6 heteroatoms. The number of carbonyl (C=O) groups is 2. The van der Waals surface area contributed by atoms with Crippen molar-refractivity contribution < 1.29 is 9.59 Å². The SMILES string of the molecule is CC(C)(C)C(N)C(=O)Nc1cccc(NC(N)=O)c1. The molecule has 0 radical (unpaired) electrons. The molecule has 19 heavy (non-hydrogen) atoms. The fourth-order valence-corrected chi connectivity index (χ4v) is 1.43. The van der Waals surface area contributed by atoms with Crippen LogP contribution in [0.1, 0.15) is 20.8 Å². The molecule has 0 aromatic heterocycles. The minimum atomic E-state index is -0.658. The normalized spacial score (nSPS) is 12.6. The molecule has 6 nitrogen and oxygen atoms in total. The Balaban J connectivity index is 2.77. The van der Waals surface area contributed by atoms with Crippen LogP contribution in [0.5, 0.6) is 0 Å². The van der Waals surface area contributed by atoms with Gasteiger partial charge in [0.1, 0.15) is 0 Å². The Morgan fingerprint density at radius 1 is 1.16 bits per heavy atom. The van der Waals surface area contributed by atoms with Gasteiger partial charge < -0.3 is 22.1 Å². The van der Waals surface area contributed by atoms with Crippen LogP contribution in [-0.2, 0) is 4.79 Å². The number of carbonyl (C=O) groups excluding carboxylic acids is 2. The summed E-state index contributed by atoms with van der Waals surface area (Å²) in [7, 11) is 0. The first-order chi connectivity index (χ1) is 8.70. The van der Waals surface area contributed by atoms with Crippen molar-refractivity contribution in [3.63, 3.8) is 0 Å². The molecule has 0 saturated carbocycles. The molecule has 3 amide bonds. The fourth-order valence-electron chi connectivity index (χ4n) is 1.43. The summed E-state index contributed by atoms with van der Waals surface area (Å²) in [6, 6.07) is 5.40. The van der Waals surface area contributed by atoms with E-state index < -0.39 is 12.1 Å². The van der Waals surface area contributed by atoms with E-state index in [-0.39, 0.29) is 11.3 Å². The highest BCUT2D eigenvalue weighted by molar-refractivity contribution is 5.96. The Labute approximate surface area is 112 Å². The molecule has 104 valence electrons. The van der Waals surface area contributed by atoms with Gasteiger partial charge in [-0.2, -0.15) is 0 Å². The minimum absolute atomic E-state index is 0.274. The third kappa shape index (κ3) is 4.59. The molecule has 0 heterocycles. The first-order valence-electron chi connectivity index (χ1n) is 5.93. The van der Waals surface area contributed by atoms with Crippen LogP contribution in [0.2, 0.25) is 0 Å². The van der Waals surface area contributed by atoms with Gasteiger partial charge in [-0.05, 0) is 23.6 Å². The molecule has 0 saturated heterocycles. The average molecular weight is 264 g/mol. The van der Waals surface area contributed by atoms with E-state index >= 15 is 0 Å². The van der Waals surface area contributed by atoms with E-state index in [0.717, 1.165) is 0 Å². The molecule has 1 rings (SSSR count). The summed E-state index contributed by atoms with van der Waals surface area (Å²) in [5, 5.41) is 5.14. The predicted molar refractivity (Wildman–Crippen MR) is 75.7 cm³/mol. The maximum atomic E-state index is 11.9. The van der Waals surface area contributed by atoms with E-state index in [1.807, 2.05) is 20.8 Å². The van der Waals surface area contributed by atoms with Crippen LogP contribution in [0.15, 0.2) is 24.3 Å². The Morgan fingerprint density at radius 3 is 2.16 bits per heavy atom. The number of nitrogens with two attached hydrogens (primary N) is 2. The van der Waals surface area contributed by atoms with Crippen molar-refractivity contribution in [3.05, 3.63) is 24.3 Å². The van der Waals surface area contributed by atoms with Crippen molar-refractivity contribution in [3.8, 4) is 0 Å². The lowest BCUT2D eigenvalue weighted by Crippen LogP contribution is -2.45. The second kappa shape index (κ2) is 5.71. The zero-order valence-corrected chi connectivity index (χ0v) is 11.4. The van der Waals surface area contributed by atoms with Crippen LogP contribution in [0.3, 0.4) is 0 Å². The number of primary amides is 1. The molecule has 0 fully saturated rings. The predicted octanol–water partition coefficient (Wildman–Crippen LogP) is 1.49. The Kier molecular flexibility index (Phi) is 4.50. The van der Waals surface area contributed by atoms with Gasteiger partial charge in [-0.25, -0.2) is 4.79 Å². The van der Waals surface area contributed by atoms with Crippen LogP contribution in [0.4, 0.5) is 16.2 Å². The van der Waals surface area contributed by atoms with Crippen molar-refractivity contribution in [2.24, 2.45) is 16.9 Å². The van der Waals surface area contributed by atoms with Gasteiger partial charge in [-0.3, -0.25) is 4.79 Å². The molecule has 1 aromatic rings. The third-order valence-electron chi connectivity index (χ3n) is 2.61. The van der Waals surface area contributed by atoms with Crippen LogP contribution < -0.4 is 22.1 Å². The van der Waals surface area contributed by atoms with Gasteiger partial charge in [0.25, 0.3) is 0 Å². The number of amides is 3. The molecule has 0 aliphatic carbocycles. The van der Waals surface area contributed by atoms with Crippen molar-refractivity contribution in [2.75, 3.05) is 10.6 Å². The van der Waals surface area contributed by atoms with Crippen LogP contribution in [0.25, 0.3) is 0 Å². The minimum Gasteiger partial charge on any atom is -0.351 e. The smallest absolute Gasteiger partial charge is 0.316 e. The summed E-state index contributed by atoms with van der Waals surface area (Å²) in [5.41, 5.74) is 11.6. The van der Waals surface area contributed by atoms with Gasteiger partial charge in [0.2, 0.25) is 5.91 Å². The molecular weight excluding hydrogens is 244 g/mol. The summed E-state index contributed by atoms with van der Waals surface area (Å²) in [6.45, 7) is 5.67. The van der Waals surface area contributed by atoms with Gasteiger partial charge in [-0.1, -0.05) is 26.8 Å². The number of benzene rings is 1. The lowest BCUT2D eigenvalue weighted by atomic mass is 9.87. The summed E-state index contributed by atoms with van der Waals surface area (Å²) in [4.78, 5) is 22.7. The number of anilines is 2. The Hall–Kier alpha value is -2.08. The highest BCUT2D eigenvalue weighted by atomic mass is 16.2. The van der Waals surface area contributed by atoms with Crippen molar-refractivity contribution >= 4 is 23.3 Å². The number of urea groups is 1. The summed E-state index contributed by atoms with van der Waals surface area (Å²) in [5.74, 6) is -0.274. The molecule has 1 aromatic carbocycles. The van der Waals surface area contributed by atoms with Gasteiger partial charge in [0.05, 0.1) is 6.04 Å². The first-order valence-corrected chi connectivity index (χ1v) is 5.93. The van der Waals surface area contributed by atoms with Crippen LogP contribution in [0, 0.1) is 5.41 Å². The zero-order chi connectivity index (χ0) is 14.6. The van der Waals surface area contributed by atoms with E-state index in [0.29, 0.717) is 11.4 Å².